The Kier molecular flexibility index (Phi) is 4.60. The van der Waals surface area contributed by atoms with Crippen molar-refractivity contribution in [2.75, 3.05) is 25.2 Å². The van der Waals surface area contributed by atoms with Crippen LogP contribution >= 0.6 is 0 Å². The lowest BCUT2D eigenvalue weighted by molar-refractivity contribution is -0.133. The smallest absolute Gasteiger partial charge is 0.270 e. The minimum Gasteiger partial charge on any atom is -0.493 e. The van der Waals surface area contributed by atoms with E-state index in [1.807, 2.05) is 0 Å². The number of carbonyl (C=O) groups excluding carboxylic acids is 1. The number of aliphatic hydroxyl groups is 3. The molecule has 122 valence electrons. The molecule has 0 saturated heterocycles. The topological polar surface area (TPSA) is 99.5 Å². The third-order valence-electron chi connectivity index (χ3n) is 3.51. The van der Waals surface area contributed by atoms with Gasteiger partial charge in [0.15, 0.2) is 17.1 Å². The average Bonchev–Trinajstić information content (AvgIpc) is 2.50. The highest BCUT2D eigenvalue weighted by Crippen LogP contribution is 2.45. The molecular formula is C15H21NO6. The monoisotopic (exact) mass is 311 g/mol. The van der Waals surface area contributed by atoms with Crippen LogP contribution < -0.4 is 14.4 Å². The number of nitrogens with zero attached hydrogens (tertiary/aromatic N) is 1. The Balaban J connectivity index is 2.58. The van der Waals surface area contributed by atoms with Crippen LogP contribution in [0, 0.1) is 0 Å². The molecule has 0 saturated carbocycles. The van der Waals surface area contributed by atoms with Gasteiger partial charge in [0, 0.05) is 0 Å². The zero-order valence-electron chi connectivity index (χ0n) is 12.9. The van der Waals surface area contributed by atoms with E-state index in [4.69, 9.17) is 14.6 Å². The molecule has 7 heteroatoms. The fourth-order valence-corrected chi connectivity index (χ4v) is 2.37. The quantitative estimate of drug-likeness (QED) is 0.710. The summed E-state index contributed by atoms with van der Waals surface area (Å²) in [5.41, 5.74) is -0.175. The van der Waals surface area contributed by atoms with E-state index >= 15 is 0 Å². The molecule has 2 rings (SSSR count). The first kappa shape index (κ1) is 16.5. The maximum Gasteiger partial charge on any atom is 0.270 e. The third-order valence-corrected chi connectivity index (χ3v) is 3.51. The van der Waals surface area contributed by atoms with Gasteiger partial charge in [0.05, 0.1) is 38.7 Å². The molecule has 1 aliphatic rings. The van der Waals surface area contributed by atoms with Crippen LogP contribution in [0.4, 0.5) is 5.69 Å². The maximum atomic E-state index is 12.6. The van der Waals surface area contributed by atoms with Gasteiger partial charge in [0.25, 0.3) is 5.91 Å². The molecule has 3 N–H and O–H groups in total. The normalized spacial score (nSPS) is 17.7. The fraction of sp³-hybridized carbons (Fsp3) is 0.533. The van der Waals surface area contributed by atoms with Crippen molar-refractivity contribution in [3.63, 3.8) is 0 Å². The highest BCUT2D eigenvalue weighted by molar-refractivity contribution is 6.03. The molecule has 1 aliphatic heterocycles. The van der Waals surface area contributed by atoms with Gasteiger partial charge in [-0.1, -0.05) is 0 Å². The highest BCUT2D eigenvalue weighted by Gasteiger charge is 2.43. The molecule has 7 nitrogen and oxygen atoms in total. The number of aliphatic hydroxyl groups excluding tert-OH is 3. The molecule has 1 atom stereocenters. The van der Waals surface area contributed by atoms with Gasteiger partial charge >= 0.3 is 0 Å². The van der Waals surface area contributed by atoms with Crippen molar-refractivity contribution in [2.24, 2.45) is 0 Å². The Labute approximate surface area is 128 Å². The van der Waals surface area contributed by atoms with Gasteiger partial charge in [-0.05, 0) is 31.5 Å². The van der Waals surface area contributed by atoms with E-state index < -0.39 is 18.3 Å². The van der Waals surface area contributed by atoms with E-state index in [9.17, 15) is 15.0 Å². The lowest BCUT2D eigenvalue weighted by atomic mass is 10.0. The van der Waals surface area contributed by atoms with Crippen LogP contribution in [0.5, 0.6) is 11.5 Å². The van der Waals surface area contributed by atoms with Crippen molar-refractivity contribution in [1.29, 1.82) is 0 Å². The van der Waals surface area contributed by atoms with Crippen LogP contribution in [-0.2, 0) is 11.4 Å². The lowest BCUT2D eigenvalue weighted by Crippen LogP contribution is -2.54. The molecule has 0 aromatic heterocycles. The van der Waals surface area contributed by atoms with E-state index in [1.165, 1.54) is 12.0 Å². The predicted molar refractivity (Wildman–Crippen MR) is 79.1 cm³/mol. The van der Waals surface area contributed by atoms with Crippen molar-refractivity contribution in [1.82, 2.24) is 0 Å². The number of rotatable bonds is 5. The van der Waals surface area contributed by atoms with Crippen LogP contribution in [0.25, 0.3) is 0 Å². The van der Waals surface area contributed by atoms with Crippen molar-refractivity contribution in [2.45, 2.75) is 32.2 Å². The van der Waals surface area contributed by atoms with E-state index in [-0.39, 0.29) is 19.1 Å². The first-order valence-electron chi connectivity index (χ1n) is 6.95. The molecule has 0 aliphatic carbocycles. The van der Waals surface area contributed by atoms with E-state index in [0.717, 1.165) is 0 Å². The Hall–Kier alpha value is -1.83. The first-order chi connectivity index (χ1) is 10.3. The molecule has 1 unspecified atom stereocenters. The summed E-state index contributed by atoms with van der Waals surface area (Å²) < 4.78 is 11.0. The number of benzene rings is 1. The highest BCUT2D eigenvalue weighted by atomic mass is 16.5. The SMILES string of the molecule is COc1cc(CO)cc2c1OC(C)(C)C(=O)N2CC(O)CO. The first-order valence-corrected chi connectivity index (χ1v) is 6.95. The summed E-state index contributed by atoms with van der Waals surface area (Å²) in [6.45, 7) is 2.48. The Bertz CT molecular complexity index is 571. The van der Waals surface area contributed by atoms with E-state index in [1.54, 1.807) is 26.0 Å². The number of anilines is 1. The fourth-order valence-electron chi connectivity index (χ4n) is 2.37. The summed E-state index contributed by atoms with van der Waals surface area (Å²) in [5, 5.41) is 28.1. The number of methoxy groups -OCH3 is 1. The minimum absolute atomic E-state index is 0.0762. The summed E-state index contributed by atoms with van der Waals surface area (Å²) in [4.78, 5) is 13.9. The average molecular weight is 311 g/mol. The predicted octanol–water partition coefficient (Wildman–Crippen LogP) is 0.0447. The van der Waals surface area contributed by atoms with Crippen LogP contribution in [0.15, 0.2) is 12.1 Å². The van der Waals surface area contributed by atoms with E-state index in [0.29, 0.717) is 22.7 Å². The summed E-state index contributed by atoms with van der Waals surface area (Å²) in [6.07, 6.45) is -1.07. The zero-order chi connectivity index (χ0) is 16.5. The minimum atomic E-state index is -1.13. The molecule has 1 heterocycles. The van der Waals surface area contributed by atoms with Crippen molar-refractivity contribution in [3.05, 3.63) is 17.7 Å². The largest absolute Gasteiger partial charge is 0.493 e. The molecule has 0 spiro atoms. The molecule has 0 radical (unpaired) electrons. The second-order valence-corrected chi connectivity index (χ2v) is 5.67. The summed E-state index contributed by atoms with van der Waals surface area (Å²) >= 11 is 0. The molecule has 1 amide bonds. The number of hydrogen-bond acceptors (Lipinski definition) is 6. The third kappa shape index (κ3) is 2.87. The Morgan fingerprint density at radius 1 is 1.36 bits per heavy atom. The summed E-state index contributed by atoms with van der Waals surface area (Å²) in [6, 6.07) is 3.24. The summed E-state index contributed by atoms with van der Waals surface area (Å²) in [7, 11) is 1.47. The lowest BCUT2D eigenvalue weighted by Gasteiger charge is -2.40. The molecule has 0 bridgehead atoms. The zero-order valence-corrected chi connectivity index (χ0v) is 12.9. The van der Waals surface area contributed by atoms with Crippen LogP contribution in [0.2, 0.25) is 0 Å². The van der Waals surface area contributed by atoms with Gasteiger partial charge in [0.2, 0.25) is 0 Å². The van der Waals surface area contributed by atoms with Gasteiger partial charge in [-0.15, -0.1) is 0 Å². The molecular weight excluding hydrogens is 290 g/mol. The van der Waals surface area contributed by atoms with Gasteiger partial charge in [-0.2, -0.15) is 0 Å². The number of carbonyl (C=O) groups is 1. The van der Waals surface area contributed by atoms with Crippen LogP contribution in [0.3, 0.4) is 0 Å². The van der Waals surface area contributed by atoms with Crippen molar-refractivity contribution in [3.8, 4) is 11.5 Å². The van der Waals surface area contributed by atoms with Crippen molar-refractivity contribution >= 4 is 11.6 Å². The number of fused-ring (bicyclic) bond motifs is 1. The van der Waals surface area contributed by atoms with E-state index in [2.05, 4.69) is 0 Å². The second-order valence-electron chi connectivity index (χ2n) is 5.67. The summed E-state index contributed by atoms with van der Waals surface area (Å²) in [5.74, 6) is 0.421. The standard InChI is InChI=1S/C15H21NO6/c1-15(2)14(20)16(6-10(19)8-18)11-4-9(7-17)5-12(21-3)13(11)22-15/h4-5,10,17-19H,6-8H2,1-3H3. The number of amides is 1. The molecule has 0 fully saturated rings. The Morgan fingerprint density at radius 2 is 2.05 bits per heavy atom. The maximum absolute atomic E-state index is 12.6. The molecule has 22 heavy (non-hydrogen) atoms. The van der Waals surface area contributed by atoms with Gasteiger partial charge < -0.3 is 29.7 Å². The van der Waals surface area contributed by atoms with Crippen molar-refractivity contribution < 1.29 is 29.6 Å². The second kappa shape index (κ2) is 6.12. The van der Waals surface area contributed by atoms with Crippen LogP contribution in [0.1, 0.15) is 19.4 Å². The van der Waals surface area contributed by atoms with Gasteiger partial charge in [0.1, 0.15) is 0 Å². The Morgan fingerprint density at radius 3 is 2.59 bits per heavy atom. The van der Waals surface area contributed by atoms with Gasteiger partial charge in [-0.3, -0.25) is 4.79 Å². The van der Waals surface area contributed by atoms with Crippen LogP contribution in [-0.4, -0.2) is 53.2 Å². The van der Waals surface area contributed by atoms with Gasteiger partial charge in [-0.25, -0.2) is 0 Å². The number of β-amino-alcohol motifs (C(OH)–C–C–N with tert-alkyl or cyclic N) is 1. The molecule has 1 aromatic carbocycles. The number of hydrogen-bond donors (Lipinski definition) is 3. The molecule has 1 aromatic rings. The number of ether oxygens (including phenoxy) is 2.